The zero-order chi connectivity index (χ0) is 32.7. The molecule has 240 valence electrons. The third-order valence-electron chi connectivity index (χ3n) is 7.23. The molecule has 4 aromatic rings. The fourth-order valence-corrected chi connectivity index (χ4v) is 5.43. The smallest absolute Gasteiger partial charge is 0.329 e. The first-order valence-electron chi connectivity index (χ1n) is 14.0. The van der Waals surface area contributed by atoms with Crippen molar-refractivity contribution in [2.24, 2.45) is 0 Å². The number of alkyl halides is 1. The van der Waals surface area contributed by atoms with E-state index in [1.165, 1.54) is 0 Å². The quantitative estimate of drug-likeness (QED) is 0.131. The molecule has 1 aliphatic rings. The van der Waals surface area contributed by atoms with E-state index in [1.807, 2.05) is 36.4 Å². The Balaban J connectivity index is 1.42. The van der Waals surface area contributed by atoms with Crippen molar-refractivity contribution < 1.29 is 43.7 Å². The molecule has 0 fully saturated rings. The van der Waals surface area contributed by atoms with Crippen molar-refractivity contribution in [2.75, 3.05) is 19.8 Å². The molecule has 0 radical (unpaired) electrons. The van der Waals surface area contributed by atoms with Crippen LogP contribution >= 0.6 is 23.2 Å². The van der Waals surface area contributed by atoms with E-state index in [0.29, 0.717) is 27.9 Å². The normalized spacial score (nSPS) is 18.2. The van der Waals surface area contributed by atoms with Crippen LogP contribution in [0, 0.1) is 0 Å². The molecular formula is C32H29Cl2N3O9. The highest BCUT2D eigenvalue weighted by atomic mass is 35.5. The number of aliphatic hydroxyl groups is 1. The summed E-state index contributed by atoms with van der Waals surface area (Å²) >= 11 is 13.6. The van der Waals surface area contributed by atoms with E-state index in [2.05, 4.69) is 15.6 Å². The van der Waals surface area contributed by atoms with Gasteiger partial charge in [-0.1, -0.05) is 60.2 Å². The summed E-state index contributed by atoms with van der Waals surface area (Å²) in [5.74, 6) is -1.92. The number of carbonyl (C=O) groups is 2. The van der Waals surface area contributed by atoms with Crippen molar-refractivity contribution >= 4 is 51.7 Å². The lowest BCUT2D eigenvalue weighted by Gasteiger charge is -2.37. The maximum absolute atomic E-state index is 11.5. The van der Waals surface area contributed by atoms with Gasteiger partial charge in [0.25, 0.3) is 0 Å². The average molecular weight is 671 g/mol. The van der Waals surface area contributed by atoms with Gasteiger partial charge in [0.15, 0.2) is 0 Å². The predicted molar refractivity (Wildman–Crippen MR) is 168 cm³/mol. The van der Waals surface area contributed by atoms with Crippen molar-refractivity contribution in [3.8, 4) is 11.5 Å². The maximum atomic E-state index is 11.5. The number of nitrogens with one attached hydrogen (secondary N) is 1. The number of aliphatic carboxylic acids is 2. The van der Waals surface area contributed by atoms with Crippen LogP contribution in [0.1, 0.15) is 16.7 Å². The third kappa shape index (κ3) is 7.66. The highest BCUT2D eigenvalue weighted by molar-refractivity contribution is 6.32. The molecule has 1 aromatic heterocycles. The van der Waals surface area contributed by atoms with Gasteiger partial charge in [0.1, 0.15) is 54.0 Å². The molecule has 1 heterocycles. The van der Waals surface area contributed by atoms with Gasteiger partial charge in [-0.3, -0.25) is 10.1 Å². The first-order chi connectivity index (χ1) is 22.2. The van der Waals surface area contributed by atoms with Crippen molar-refractivity contribution in [1.82, 2.24) is 15.6 Å². The summed E-state index contributed by atoms with van der Waals surface area (Å²) in [4.78, 5) is 23.0. The van der Waals surface area contributed by atoms with Crippen LogP contribution in [-0.4, -0.2) is 74.4 Å². The number of hydrogen-bond donors (Lipinski definition) is 4. The number of benzene rings is 3. The van der Waals surface area contributed by atoms with E-state index < -0.39 is 42.2 Å². The Hall–Kier alpha value is -4.46. The van der Waals surface area contributed by atoms with Crippen LogP contribution in [0.15, 0.2) is 83.5 Å². The molecule has 3 unspecified atom stereocenters. The van der Waals surface area contributed by atoms with E-state index in [9.17, 15) is 24.9 Å². The molecule has 0 amide bonds. The number of rotatable bonds is 15. The number of fused-ring (bicyclic) bond motifs is 1. The van der Waals surface area contributed by atoms with E-state index in [0.717, 1.165) is 11.1 Å². The molecule has 0 aliphatic heterocycles. The third-order valence-corrected chi connectivity index (χ3v) is 8.13. The standard InChI is InChI=1S/C32H29Cl2N3O9/c33-23-12-21(14-35-26(15-38)31(41)42)27(43-16-19-8-9-24-25(11-19)37-46-36-24)13-28(23)44-18-32(45-17-29(39)40)10-4-7-22(30(32)34)20-5-2-1-3-6-20/h1-13,26,30,35,38H,14-18H2,(H,39,40)(H,41,42). The Morgan fingerprint density at radius 1 is 1.02 bits per heavy atom. The topological polar surface area (TPSA) is 173 Å². The summed E-state index contributed by atoms with van der Waals surface area (Å²) in [6, 6.07) is 16.5. The fourth-order valence-electron chi connectivity index (χ4n) is 4.79. The SMILES string of the molecule is O=C(O)COC1(COc2cc(OCc3ccc4nonc4c3)c(CNC(CO)C(=O)O)cc2Cl)C=CC=C(c2ccccc2)C1Cl. The zero-order valence-corrected chi connectivity index (χ0v) is 25.6. The summed E-state index contributed by atoms with van der Waals surface area (Å²) < 4.78 is 22.9. The van der Waals surface area contributed by atoms with Gasteiger partial charge in [-0.25, -0.2) is 9.42 Å². The number of aliphatic hydroxyl groups excluding tert-OH is 1. The van der Waals surface area contributed by atoms with Crippen LogP contribution in [0.2, 0.25) is 5.02 Å². The number of nitrogens with zero attached hydrogens (tertiary/aromatic N) is 2. The van der Waals surface area contributed by atoms with E-state index in [1.54, 1.807) is 42.5 Å². The summed E-state index contributed by atoms with van der Waals surface area (Å²) in [5.41, 5.74) is 2.52. The Labute approximate surface area is 272 Å². The minimum Gasteiger partial charge on any atom is -0.488 e. The maximum Gasteiger partial charge on any atom is 0.329 e. The molecule has 0 spiro atoms. The van der Waals surface area contributed by atoms with Crippen LogP contribution in [-0.2, 0) is 27.5 Å². The summed E-state index contributed by atoms with van der Waals surface area (Å²) in [6.45, 7) is -1.40. The number of carboxylic acids is 2. The number of aromatic nitrogens is 2. The minimum atomic E-state index is -1.39. The molecule has 0 saturated heterocycles. The summed E-state index contributed by atoms with van der Waals surface area (Å²) in [7, 11) is 0. The lowest BCUT2D eigenvalue weighted by molar-refractivity contribution is -0.148. The monoisotopic (exact) mass is 669 g/mol. The summed E-state index contributed by atoms with van der Waals surface area (Å²) in [6.07, 6.45) is 5.22. The molecule has 3 atom stereocenters. The highest BCUT2D eigenvalue weighted by Gasteiger charge is 2.42. The Bertz CT molecular complexity index is 1760. The van der Waals surface area contributed by atoms with Gasteiger partial charge in [0.05, 0.1) is 17.0 Å². The van der Waals surface area contributed by atoms with Crippen molar-refractivity contribution in [3.05, 3.63) is 101 Å². The lowest BCUT2D eigenvalue weighted by Crippen LogP contribution is -2.48. The molecule has 14 heteroatoms. The molecule has 1 aliphatic carbocycles. The largest absolute Gasteiger partial charge is 0.488 e. The number of allylic oxidation sites excluding steroid dienone is 2. The first kappa shape index (κ1) is 32.9. The highest BCUT2D eigenvalue weighted by Crippen LogP contribution is 2.40. The molecular weight excluding hydrogens is 641 g/mol. The Morgan fingerprint density at radius 2 is 1.80 bits per heavy atom. The van der Waals surface area contributed by atoms with Gasteiger partial charge in [0, 0.05) is 18.2 Å². The number of carboxylic acid groups (broad SMARTS) is 2. The Morgan fingerprint density at radius 3 is 2.54 bits per heavy atom. The summed E-state index contributed by atoms with van der Waals surface area (Å²) in [5, 5.41) is 38.0. The van der Waals surface area contributed by atoms with Gasteiger partial charge in [-0.15, -0.1) is 11.6 Å². The molecule has 3 aromatic carbocycles. The van der Waals surface area contributed by atoms with Crippen LogP contribution in [0.3, 0.4) is 0 Å². The van der Waals surface area contributed by atoms with Gasteiger partial charge >= 0.3 is 11.9 Å². The van der Waals surface area contributed by atoms with Crippen LogP contribution < -0.4 is 14.8 Å². The van der Waals surface area contributed by atoms with Crippen molar-refractivity contribution in [2.45, 2.75) is 30.2 Å². The van der Waals surface area contributed by atoms with E-state index in [4.69, 9.17) is 42.0 Å². The Kier molecular flexibility index (Phi) is 10.6. The van der Waals surface area contributed by atoms with E-state index in [-0.39, 0.29) is 30.5 Å². The molecule has 4 N–H and O–H groups in total. The van der Waals surface area contributed by atoms with Gasteiger partial charge < -0.3 is 29.5 Å². The van der Waals surface area contributed by atoms with Crippen LogP contribution in [0.4, 0.5) is 0 Å². The lowest BCUT2D eigenvalue weighted by atomic mass is 9.86. The molecule has 12 nitrogen and oxygen atoms in total. The zero-order valence-electron chi connectivity index (χ0n) is 24.1. The molecule has 46 heavy (non-hydrogen) atoms. The number of ether oxygens (including phenoxy) is 3. The van der Waals surface area contributed by atoms with Gasteiger partial charge in [0.2, 0.25) is 0 Å². The molecule has 0 saturated carbocycles. The molecule has 5 rings (SSSR count). The van der Waals surface area contributed by atoms with Gasteiger partial charge in [-0.2, -0.15) is 0 Å². The number of hydrogen-bond acceptors (Lipinski definition) is 10. The predicted octanol–water partition coefficient (Wildman–Crippen LogP) is 4.47. The van der Waals surface area contributed by atoms with Crippen molar-refractivity contribution in [3.63, 3.8) is 0 Å². The van der Waals surface area contributed by atoms with Crippen LogP contribution in [0.5, 0.6) is 11.5 Å². The second-order valence-corrected chi connectivity index (χ2v) is 11.2. The van der Waals surface area contributed by atoms with Crippen LogP contribution in [0.25, 0.3) is 16.6 Å². The van der Waals surface area contributed by atoms with E-state index >= 15 is 0 Å². The second kappa shape index (κ2) is 14.8. The number of halogens is 2. The minimum absolute atomic E-state index is 0.0114. The average Bonchev–Trinajstić information content (AvgIpc) is 3.52. The van der Waals surface area contributed by atoms with Crippen molar-refractivity contribution in [1.29, 1.82) is 0 Å². The fraction of sp³-hybridized carbons (Fsp3) is 0.250. The molecule has 0 bridgehead atoms. The second-order valence-electron chi connectivity index (χ2n) is 10.4. The van der Waals surface area contributed by atoms with Gasteiger partial charge in [-0.05, 0) is 51.3 Å². The first-order valence-corrected chi connectivity index (χ1v) is 14.8.